The van der Waals surface area contributed by atoms with E-state index in [9.17, 15) is 10.5 Å². The topological polar surface area (TPSA) is 75.3 Å². The van der Waals surface area contributed by atoms with Crippen molar-refractivity contribution in [3.63, 3.8) is 0 Å². The van der Waals surface area contributed by atoms with Crippen molar-refractivity contribution < 1.29 is 0 Å². The van der Waals surface area contributed by atoms with Gasteiger partial charge in [0.1, 0.15) is 18.0 Å². The zero-order chi connectivity index (χ0) is 64.5. The standard InChI is InChI=1S/C91H56N6/c92-57-73-37-36-72(50-74(73)58-93)87-88(65-34-20-7-21-35-65)90(96-83-46-40-68(61-26-12-3-13-27-61)53-77(83)78-54-69(41-47-84(78)96)62-28-14-4-15-29-62)94-91(97-85-48-42-70(63-30-16-5-17-31-63)55-79(85)80-56-71(43-49-86(80)97)64-32-18-6-19-33-64)89(87)95-81-44-38-66(59-22-8-1-9-23-59)51-75(81)76-52-67(39-45-82(76)95)60-24-10-2-11-25-60/h1-56H. The van der Waals surface area contributed by atoms with Crippen molar-refractivity contribution in [3.8, 4) is 118 Å². The number of rotatable bonds is 11. The lowest BCUT2D eigenvalue weighted by Crippen LogP contribution is -2.13. The second-order valence-electron chi connectivity index (χ2n) is 24.8. The largest absolute Gasteiger partial charge is 0.305 e. The van der Waals surface area contributed by atoms with Crippen molar-refractivity contribution in [2.75, 3.05) is 0 Å². The SMILES string of the molecule is N#Cc1ccc(-c2c(-c3ccccc3)c(-n3c4ccc(-c5ccccc5)cc4c4cc(-c5ccccc5)ccc43)nc(-n3c4ccc(-c5ccccc5)cc4c4cc(-c5ccccc5)ccc43)c2-n2c3ccc(-c4ccccc4)cc3c3cc(-c4ccccc4)ccc32)cc1C#N. The molecule has 6 heteroatoms. The summed E-state index contributed by atoms with van der Waals surface area (Å²) in [6, 6.07) is 126. The first kappa shape index (κ1) is 56.4. The van der Waals surface area contributed by atoms with Gasteiger partial charge in [0.2, 0.25) is 0 Å². The van der Waals surface area contributed by atoms with Crippen molar-refractivity contribution >= 4 is 65.4 Å². The number of nitrogens with zero attached hydrogens (tertiary/aromatic N) is 6. The van der Waals surface area contributed by atoms with Crippen LogP contribution in [0.2, 0.25) is 0 Å². The van der Waals surface area contributed by atoms with Gasteiger partial charge in [-0.25, -0.2) is 4.98 Å². The van der Waals surface area contributed by atoms with Gasteiger partial charge in [0.05, 0.1) is 49.9 Å². The maximum atomic E-state index is 11.3. The summed E-state index contributed by atoms with van der Waals surface area (Å²) in [5.74, 6) is 1.33. The predicted octanol–water partition coefficient (Wildman–Crippen LogP) is 23.5. The summed E-state index contributed by atoms with van der Waals surface area (Å²) < 4.78 is 7.20. The quantitative estimate of drug-likeness (QED) is 0.129. The molecule has 0 atom stereocenters. The van der Waals surface area contributed by atoms with Crippen LogP contribution in [0.4, 0.5) is 0 Å². The van der Waals surface area contributed by atoms with Crippen molar-refractivity contribution in [2.45, 2.75) is 0 Å². The van der Waals surface area contributed by atoms with E-state index < -0.39 is 0 Å². The van der Waals surface area contributed by atoms with Crippen LogP contribution in [0.15, 0.2) is 340 Å². The third-order valence-corrected chi connectivity index (χ3v) is 19.3. The predicted molar refractivity (Wildman–Crippen MR) is 400 cm³/mol. The molecule has 0 saturated heterocycles. The molecule has 18 rings (SSSR count). The molecule has 14 aromatic carbocycles. The van der Waals surface area contributed by atoms with E-state index in [0.717, 1.165) is 160 Å². The first-order valence-corrected chi connectivity index (χ1v) is 32.7. The molecule has 0 N–H and O–H groups in total. The molecule has 18 aromatic rings. The number of benzene rings is 14. The molecular formula is C91H56N6. The van der Waals surface area contributed by atoms with Crippen LogP contribution >= 0.6 is 0 Å². The lowest BCUT2D eigenvalue weighted by Gasteiger charge is -2.26. The Hall–Kier alpha value is -13.4. The zero-order valence-corrected chi connectivity index (χ0v) is 52.5. The lowest BCUT2D eigenvalue weighted by molar-refractivity contribution is 0.987. The Bertz CT molecular complexity index is 5930. The summed E-state index contributed by atoms with van der Waals surface area (Å²) in [5, 5.41) is 28.4. The van der Waals surface area contributed by atoms with E-state index in [1.165, 1.54) is 0 Å². The Labute approximate surface area is 560 Å². The third-order valence-electron chi connectivity index (χ3n) is 19.3. The van der Waals surface area contributed by atoms with Gasteiger partial charge in [0, 0.05) is 43.4 Å². The van der Waals surface area contributed by atoms with Crippen molar-refractivity contribution in [1.29, 1.82) is 10.5 Å². The minimum Gasteiger partial charge on any atom is -0.305 e. The molecule has 0 amide bonds. The second-order valence-corrected chi connectivity index (χ2v) is 24.8. The van der Waals surface area contributed by atoms with E-state index in [4.69, 9.17) is 4.98 Å². The van der Waals surface area contributed by atoms with Gasteiger partial charge in [0.15, 0.2) is 5.82 Å². The molecule has 97 heavy (non-hydrogen) atoms. The summed E-state index contributed by atoms with van der Waals surface area (Å²) in [7, 11) is 0. The molecule has 0 aliphatic rings. The molecule has 4 heterocycles. The Kier molecular flexibility index (Phi) is 13.6. The Morgan fingerprint density at radius 1 is 0.206 bits per heavy atom. The summed E-state index contributed by atoms with van der Waals surface area (Å²) >= 11 is 0. The number of hydrogen-bond acceptors (Lipinski definition) is 3. The van der Waals surface area contributed by atoms with E-state index in [0.29, 0.717) is 17.2 Å². The fourth-order valence-corrected chi connectivity index (χ4v) is 14.8. The van der Waals surface area contributed by atoms with Gasteiger partial charge in [-0.15, -0.1) is 0 Å². The summed E-state index contributed by atoms with van der Waals surface area (Å²) in [5.41, 5.74) is 23.6. The van der Waals surface area contributed by atoms with Crippen LogP contribution in [0, 0.1) is 22.7 Å². The molecule has 450 valence electrons. The van der Waals surface area contributed by atoms with E-state index >= 15 is 0 Å². The summed E-state index contributed by atoms with van der Waals surface area (Å²) in [6.45, 7) is 0. The minimum absolute atomic E-state index is 0.268. The van der Waals surface area contributed by atoms with Crippen LogP contribution in [0.1, 0.15) is 11.1 Å². The zero-order valence-electron chi connectivity index (χ0n) is 52.5. The Balaban J connectivity index is 1.07. The van der Waals surface area contributed by atoms with Crippen LogP contribution in [0.3, 0.4) is 0 Å². The molecular weight excluding hydrogens is 1180 g/mol. The van der Waals surface area contributed by atoms with E-state index in [2.05, 4.69) is 347 Å². The van der Waals surface area contributed by atoms with Crippen LogP contribution in [0.5, 0.6) is 0 Å². The molecule has 0 fully saturated rings. The number of nitriles is 2. The van der Waals surface area contributed by atoms with Gasteiger partial charge in [-0.2, -0.15) is 10.5 Å². The smallest absolute Gasteiger partial charge is 0.165 e. The molecule has 6 nitrogen and oxygen atoms in total. The highest BCUT2D eigenvalue weighted by atomic mass is 15.2. The normalized spacial score (nSPS) is 11.5. The van der Waals surface area contributed by atoms with Crippen LogP contribution in [-0.2, 0) is 0 Å². The molecule has 0 bridgehead atoms. The maximum Gasteiger partial charge on any atom is 0.165 e. The fourth-order valence-electron chi connectivity index (χ4n) is 14.8. The van der Waals surface area contributed by atoms with Gasteiger partial charge in [-0.1, -0.05) is 255 Å². The number of pyridine rings is 1. The van der Waals surface area contributed by atoms with E-state index in [1.54, 1.807) is 0 Å². The third kappa shape index (κ3) is 9.51. The average Bonchev–Trinajstić information content (AvgIpc) is 1.61. The van der Waals surface area contributed by atoms with Gasteiger partial charge < -0.3 is 4.57 Å². The highest BCUT2D eigenvalue weighted by molar-refractivity contribution is 6.17. The van der Waals surface area contributed by atoms with E-state index in [1.807, 2.05) is 18.2 Å². The molecule has 0 spiro atoms. The van der Waals surface area contributed by atoms with Gasteiger partial charge in [-0.3, -0.25) is 9.13 Å². The fraction of sp³-hybridized carbons (Fsp3) is 0. The van der Waals surface area contributed by atoms with Gasteiger partial charge in [0.25, 0.3) is 0 Å². The molecule has 0 saturated carbocycles. The monoisotopic (exact) mass is 1230 g/mol. The van der Waals surface area contributed by atoms with Crippen LogP contribution in [-0.4, -0.2) is 18.7 Å². The van der Waals surface area contributed by atoms with Gasteiger partial charge >= 0.3 is 0 Å². The van der Waals surface area contributed by atoms with Crippen LogP contribution < -0.4 is 0 Å². The Morgan fingerprint density at radius 3 is 0.753 bits per heavy atom. The summed E-state index contributed by atoms with van der Waals surface area (Å²) in [6.07, 6.45) is 0. The molecule has 0 unspecified atom stereocenters. The van der Waals surface area contributed by atoms with Crippen molar-refractivity contribution in [1.82, 2.24) is 18.7 Å². The first-order valence-electron chi connectivity index (χ1n) is 32.7. The van der Waals surface area contributed by atoms with Crippen molar-refractivity contribution in [3.05, 3.63) is 351 Å². The average molecular weight is 1230 g/mol. The van der Waals surface area contributed by atoms with Crippen molar-refractivity contribution in [2.24, 2.45) is 0 Å². The summed E-state index contributed by atoms with van der Waals surface area (Å²) in [4.78, 5) is 6.51. The number of hydrogen-bond donors (Lipinski definition) is 0. The number of fused-ring (bicyclic) bond motifs is 9. The molecule has 0 aliphatic heterocycles. The molecule has 4 aromatic heterocycles. The highest BCUT2D eigenvalue weighted by Crippen LogP contribution is 2.51. The Morgan fingerprint density at radius 2 is 0.464 bits per heavy atom. The first-order chi connectivity index (χ1) is 48.0. The lowest BCUT2D eigenvalue weighted by atomic mass is 9.91. The maximum absolute atomic E-state index is 11.3. The number of aromatic nitrogens is 4. The van der Waals surface area contributed by atoms with E-state index in [-0.39, 0.29) is 5.56 Å². The molecule has 0 aliphatic carbocycles. The van der Waals surface area contributed by atoms with Gasteiger partial charge in [-0.05, 0) is 163 Å². The van der Waals surface area contributed by atoms with Crippen LogP contribution in [0.25, 0.3) is 172 Å². The second kappa shape index (κ2) is 23.3. The highest BCUT2D eigenvalue weighted by Gasteiger charge is 2.32. The molecule has 0 radical (unpaired) electrons. The minimum atomic E-state index is 0.268.